The first-order valence-corrected chi connectivity index (χ1v) is 7.51. The van der Waals surface area contributed by atoms with Crippen LogP contribution in [0.4, 0.5) is 0 Å². The third kappa shape index (κ3) is 2.00. The standard InChI is InChI=1S/C17H17NS/c1-4-7-15-12(5-2)13-10-11(3)18-14-8-6-9-16(19-15)17(13)14/h5-10H,4H2,1-3H3/b12-5-,15-7+. The van der Waals surface area contributed by atoms with Crippen molar-refractivity contribution >= 4 is 28.2 Å². The highest BCUT2D eigenvalue weighted by Crippen LogP contribution is 2.47. The van der Waals surface area contributed by atoms with Crippen molar-refractivity contribution in [2.75, 3.05) is 0 Å². The number of benzene rings is 1. The summed E-state index contributed by atoms with van der Waals surface area (Å²) in [6, 6.07) is 8.62. The molecule has 0 spiro atoms. The molecule has 2 heteroatoms. The van der Waals surface area contributed by atoms with Gasteiger partial charge in [-0.25, -0.2) is 0 Å². The Morgan fingerprint density at radius 3 is 2.89 bits per heavy atom. The van der Waals surface area contributed by atoms with Crippen LogP contribution in [-0.2, 0) is 0 Å². The summed E-state index contributed by atoms with van der Waals surface area (Å²) < 4.78 is 0. The minimum atomic E-state index is 1.06. The van der Waals surface area contributed by atoms with Crippen molar-refractivity contribution in [1.29, 1.82) is 0 Å². The topological polar surface area (TPSA) is 12.9 Å². The minimum absolute atomic E-state index is 1.06. The molecule has 0 saturated carbocycles. The fourth-order valence-electron chi connectivity index (χ4n) is 2.63. The lowest BCUT2D eigenvalue weighted by Crippen LogP contribution is -1.99. The van der Waals surface area contributed by atoms with Crippen molar-refractivity contribution in [3.8, 4) is 0 Å². The van der Waals surface area contributed by atoms with Gasteiger partial charge in [0.25, 0.3) is 0 Å². The zero-order valence-corrected chi connectivity index (χ0v) is 12.3. The van der Waals surface area contributed by atoms with Gasteiger partial charge in [-0.3, -0.25) is 4.98 Å². The summed E-state index contributed by atoms with van der Waals surface area (Å²) in [6.45, 7) is 6.38. The van der Waals surface area contributed by atoms with Crippen LogP contribution in [0.5, 0.6) is 0 Å². The first kappa shape index (κ1) is 12.5. The van der Waals surface area contributed by atoms with Gasteiger partial charge in [-0.1, -0.05) is 36.9 Å². The zero-order chi connectivity index (χ0) is 13.4. The van der Waals surface area contributed by atoms with Crippen molar-refractivity contribution in [3.63, 3.8) is 0 Å². The van der Waals surface area contributed by atoms with Crippen LogP contribution in [0.15, 0.2) is 46.2 Å². The van der Waals surface area contributed by atoms with Crippen molar-refractivity contribution < 1.29 is 0 Å². The van der Waals surface area contributed by atoms with E-state index in [0.29, 0.717) is 0 Å². The highest BCUT2D eigenvalue weighted by Gasteiger charge is 2.21. The Hall–Kier alpha value is -1.54. The Morgan fingerprint density at radius 2 is 2.16 bits per heavy atom. The average molecular weight is 267 g/mol. The molecule has 3 rings (SSSR count). The first-order valence-electron chi connectivity index (χ1n) is 6.70. The molecule has 2 aromatic rings. The second kappa shape index (κ2) is 4.86. The highest BCUT2D eigenvalue weighted by molar-refractivity contribution is 8.04. The molecule has 19 heavy (non-hydrogen) atoms. The molecule has 96 valence electrons. The van der Waals surface area contributed by atoms with Gasteiger partial charge in [0.1, 0.15) is 0 Å². The van der Waals surface area contributed by atoms with Crippen molar-refractivity contribution in [2.24, 2.45) is 0 Å². The van der Waals surface area contributed by atoms with Crippen LogP contribution in [0.25, 0.3) is 16.5 Å². The second-order valence-corrected chi connectivity index (χ2v) is 5.83. The predicted molar refractivity (Wildman–Crippen MR) is 84.4 cm³/mol. The van der Waals surface area contributed by atoms with Crippen molar-refractivity contribution in [2.45, 2.75) is 32.1 Å². The molecule has 1 aliphatic heterocycles. The number of nitrogens with zero attached hydrogens (tertiary/aromatic N) is 1. The Labute approximate surface area is 118 Å². The van der Waals surface area contributed by atoms with Crippen molar-refractivity contribution in [1.82, 2.24) is 4.98 Å². The van der Waals surface area contributed by atoms with Crippen LogP contribution in [0, 0.1) is 6.92 Å². The number of hydrogen-bond acceptors (Lipinski definition) is 2. The van der Waals surface area contributed by atoms with E-state index in [-0.39, 0.29) is 0 Å². The van der Waals surface area contributed by atoms with E-state index in [2.05, 4.69) is 62.2 Å². The lowest BCUT2D eigenvalue weighted by atomic mass is 9.98. The van der Waals surface area contributed by atoms with Gasteiger partial charge in [0, 0.05) is 20.9 Å². The molecule has 1 nitrogen and oxygen atoms in total. The van der Waals surface area contributed by atoms with Gasteiger partial charge in [0.2, 0.25) is 0 Å². The fourth-order valence-corrected chi connectivity index (χ4v) is 3.91. The summed E-state index contributed by atoms with van der Waals surface area (Å²) >= 11 is 1.87. The number of hydrogen-bond donors (Lipinski definition) is 0. The molecule has 1 aliphatic rings. The third-order valence-electron chi connectivity index (χ3n) is 3.38. The third-order valence-corrected chi connectivity index (χ3v) is 4.54. The van der Waals surface area contributed by atoms with Gasteiger partial charge in [-0.15, -0.1) is 0 Å². The molecule has 0 fully saturated rings. The second-order valence-electron chi connectivity index (χ2n) is 4.74. The van der Waals surface area contributed by atoms with E-state index >= 15 is 0 Å². The molecule has 0 aliphatic carbocycles. The first-order chi connectivity index (χ1) is 9.24. The minimum Gasteiger partial charge on any atom is -0.253 e. The SMILES string of the molecule is C/C=C1\C(=C/CC)Sc2cccc3nc(C)cc1c23. The van der Waals surface area contributed by atoms with E-state index in [1.807, 2.05) is 11.8 Å². The molecule has 0 bridgehead atoms. The molecule has 0 atom stereocenters. The molecule has 0 amide bonds. The molecule has 1 aromatic heterocycles. The molecule has 1 aromatic carbocycles. The quantitative estimate of drug-likeness (QED) is 0.691. The Morgan fingerprint density at radius 1 is 1.32 bits per heavy atom. The van der Waals surface area contributed by atoms with Gasteiger partial charge in [0.05, 0.1) is 5.52 Å². The van der Waals surface area contributed by atoms with E-state index in [0.717, 1.165) is 17.6 Å². The molecule has 0 unspecified atom stereocenters. The van der Waals surface area contributed by atoms with E-state index in [1.54, 1.807) is 0 Å². The van der Waals surface area contributed by atoms with E-state index < -0.39 is 0 Å². The van der Waals surface area contributed by atoms with Crippen LogP contribution in [0.2, 0.25) is 0 Å². The van der Waals surface area contributed by atoms with Gasteiger partial charge in [-0.2, -0.15) is 0 Å². The lowest BCUT2D eigenvalue weighted by Gasteiger charge is -2.22. The number of allylic oxidation sites excluding steroid dienone is 3. The summed E-state index contributed by atoms with van der Waals surface area (Å²) in [4.78, 5) is 7.35. The summed E-state index contributed by atoms with van der Waals surface area (Å²) in [6.07, 6.45) is 5.60. The van der Waals surface area contributed by atoms with Gasteiger partial charge in [0.15, 0.2) is 0 Å². The average Bonchev–Trinajstić information content (AvgIpc) is 2.39. The lowest BCUT2D eigenvalue weighted by molar-refractivity contribution is 1.21. The maximum atomic E-state index is 4.66. The largest absolute Gasteiger partial charge is 0.253 e. The number of rotatable bonds is 1. The molecular weight excluding hydrogens is 250 g/mol. The normalized spacial score (nSPS) is 18.5. The van der Waals surface area contributed by atoms with Crippen LogP contribution in [0.1, 0.15) is 31.5 Å². The summed E-state index contributed by atoms with van der Waals surface area (Å²) in [7, 11) is 0. The number of aryl methyl sites for hydroxylation is 1. The number of thioether (sulfide) groups is 1. The Balaban J connectivity index is 2.39. The summed E-state index contributed by atoms with van der Waals surface area (Å²) in [5.74, 6) is 0. The fraction of sp³-hybridized carbons (Fsp3) is 0.235. The Kier molecular flexibility index (Phi) is 3.19. The van der Waals surface area contributed by atoms with E-state index in [9.17, 15) is 0 Å². The monoisotopic (exact) mass is 267 g/mol. The predicted octanol–water partition coefficient (Wildman–Crippen LogP) is 5.35. The van der Waals surface area contributed by atoms with Gasteiger partial charge < -0.3 is 0 Å². The molecule has 0 saturated heterocycles. The summed E-state index contributed by atoms with van der Waals surface area (Å²) in [5, 5.41) is 1.31. The van der Waals surface area contributed by atoms with Crippen LogP contribution >= 0.6 is 11.8 Å². The van der Waals surface area contributed by atoms with Crippen LogP contribution in [-0.4, -0.2) is 4.98 Å². The van der Waals surface area contributed by atoms with E-state index in [1.165, 1.54) is 26.3 Å². The Bertz CT molecular complexity index is 711. The van der Waals surface area contributed by atoms with Crippen LogP contribution in [0.3, 0.4) is 0 Å². The zero-order valence-electron chi connectivity index (χ0n) is 11.5. The maximum Gasteiger partial charge on any atom is 0.0722 e. The molecular formula is C17H17NS. The van der Waals surface area contributed by atoms with Gasteiger partial charge in [-0.05, 0) is 49.6 Å². The molecule has 0 radical (unpaired) electrons. The molecule has 0 N–H and O–H groups in total. The van der Waals surface area contributed by atoms with Crippen LogP contribution < -0.4 is 0 Å². The summed E-state index contributed by atoms with van der Waals surface area (Å²) in [5.41, 5.74) is 4.87. The van der Waals surface area contributed by atoms with Crippen molar-refractivity contribution in [3.05, 3.63) is 52.6 Å². The maximum absolute atomic E-state index is 4.66. The number of pyridine rings is 1. The van der Waals surface area contributed by atoms with Gasteiger partial charge >= 0.3 is 0 Å². The number of aromatic nitrogens is 1. The van der Waals surface area contributed by atoms with E-state index in [4.69, 9.17) is 0 Å². The molecule has 2 heterocycles. The highest BCUT2D eigenvalue weighted by atomic mass is 32.2. The smallest absolute Gasteiger partial charge is 0.0722 e.